The van der Waals surface area contributed by atoms with E-state index in [1.54, 1.807) is 11.8 Å². The summed E-state index contributed by atoms with van der Waals surface area (Å²) >= 11 is 1.62. The van der Waals surface area contributed by atoms with Gasteiger partial charge in [-0.3, -0.25) is 0 Å². The van der Waals surface area contributed by atoms with Crippen LogP contribution in [-0.4, -0.2) is 38.0 Å². The first-order chi connectivity index (χ1) is 7.63. The topological polar surface area (TPSA) is 55.6 Å². The van der Waals surface area contributed by atoms with E-state index in [0.29, 0.717) is 11.3 Å². The first-order valence-corrected chi connectivity index (χ1v) is 6.30. The van der Waals surface area contributed by atoms with E-state index < -0.39 is 0 Å². The van der Waals surface area contributed by atoms with Crippen molar-refractivity contribution in [2.45, 2.75) is 43.8 Å². The predicted molar refractivity (Wildman–Crippen MR) is 66.5 cm³/mol. The summed E-state index contributed by atoms with van der Waals surface area (Å²) in [5.74, 6) is 0. The summed E-state index contributed by atoms with van der Waals surface area (Å²) in [7, 11) is 0. The summed E-state index contributed by atoms with van der Waals surface area (Å²) in [4.78, 5) is 0. The Bertz CT molecular complexity index is 323. The molecule has 0 aliphatic heterocycles. The largest absolute Gasteiger partial charge is 0.313 e. The lowest BCUT2D eigenvalue weighted by atomic mass is 10.4. The van der Waals surface area contributed by atoms with Gasteiger partial charge in [0.2, 0.25) is 5.16 Å². The predicted octanol–water partition coefficient (Wildman–Crippen LogP) is 1.34. The summed E-state index contributed by atoms with van der Waals surface area (Å²) in [6, 6.07) is 0.486. The molecule has 1 rings (SSSR count). The second-order valence-electron chi connectivity index (χ2n) is 3.85. The van der Waals surface area contributed by atoms with Crippen LogP contribution in [0.2, 0.25) is 0 Å². The molecular weight excluding hydrogens is 222 g/mol. The third-order valence-electron chi connectivity index (χ3n) is 2.00. The number of tetrazole rings is 1. The lowest BCUT2D eigenvalue weighted by Crippen LogP contribution is -2.27. The van der Waals surface area contributed by atoms with Crippen LogP contribution < -0.4 is 5.32 Å². The molecule has 0 bridgehead atoms. The first kappa shape index (κ1) is 13.2. The van der Waals surface area contributed by atoms with E-state index in [0.717, 1.165) is 18.2 Å². The van der Waals surface area contributed by atoms with E-state index in [2.05, 4.69) is 48.2 Å². The van der Waals surface area contributed by atoms with Gasteiger partial charge in [0.25, 0.3) is 0 Å². The highest BCUT2D eigenvalue weighted by Crippen LogP contribution is 2.19. The van der Waals surface area contributed by atoms with Crippen LogP contribution in [0.5, 0.6) is 0 Å². The van der Waals surface area contributed by atoms with E-state index in [4.69, 9.17) is 0 Å². The molecule has 1 unspecified atom stereocenters. The van der Waals surface area contributed by atoms with Gasteiger partial charge in [-0.2, -0.15) is 0 Å². The zero-order valence-corrected chi connectivity index (χ0v) is 10.9. The van der Waals surface area contributed by atoms with Crippen molar-refractivity contribution in [2.75, 3.05) is 6.54 Å². The molecule has 1 atom stereocenters. The van der Waals surface area contributed by atoms with Gasteiger partial charge in [-0.1, -0.05) is 31.7 Å². The lowest BCUT2D eigenvalue weighted by Gasteiger charge is -2.09. The third kappa shape index (κ3) is 4.32. The fourth-order valence-corrected chi connectivity index (χ4v) is 1.86. The fourth-order valence-electron chi connectivity index (χ4n) is 1.09. The molecule has 0 aliphatic rings. The van der Waals surface area contributed by atoms with Crippen LogP contribution in [-0.2, 0) is 6.54 Å². The van der Waals surface area contributed by atoms with Gasteiger partial charge in [-0.15, -0.1) is 11.7 Å². The van der Waals surface area contributed by atoms with E-state index in [9.17, 15) is 0 Å². The van der Waals surface area contributed by atoms with Crippen LogP contribution in [0.4, 0.5) is 0 Å². The molecule has 5 nitrogen and oxygen atoms in total. The molecule has 0 spiro atoms. The molecule has 0 amide bonds. The first-order valence-electron chi connectivity index (χ1n) is 5.42. The van der Waals surface area contributed by atoms with Crippen molar-refractivity contribution in [1.29, 1.82) is 0 Å². The van der Waals surface area contributed by atoms with Crippen LogP contribution in [0.3, 0.4) is 0 Å². The SMILES string of the molecule is C=CC(C)Sc1nnnn1CCNC(C)C. The van der Waals surface area contributed by atoms with E-state index in [1.165, 1.54) is 0 Å². The Labute approximate surface area is 101 Å². The average molecular weight is 241 g/mol. The Morgan fingerprint density at radius 2 is 2.25 bits per heavy atom. The molecule has 0 fully saturated rings. The molecule has 0 saturated carbocycles. The maximum atomic E-state index is 3.99. The lowest BCUT2D eigenvalue weighted by molar-refractivity contribution is 0.485. The van der Waals surface area contributed by atoms with Gasteiger partial charge in [0, 0.05) is 17.8 Å². The fraction of sp³-hybridized carbons (Fsp3) is 0.700. The summed E-state index contributed by atoms with van der Waals surface area (Å²) in [6.07, 6.45) is 1.88. The number of nitrogens with one attached hydrogen (secondary N) is 1. The second kappa shape index (κ2) is 6.65. The molecule has 1 aromatic rings. The minimum absolute atomic E-state index is 0.322. The van der Waals surface area contributed by atoms with Crippen LogP contribution in [0.1, 0.15) is 20.8 Å². The molecule has 0 aromatic carbocycles. The molecule has 0 saturated heterocycles. The van der Waals surface area contributed by atoms with Gasteiger partial charge in [-0.05, 0) is 17.4 Å². The maximum absolute atomic E-state index is 3.99. The summed E-state index contributed by atoms with van der Waals surface area (Å²) < 4.78 is 1.82. The minimum Gasteiger partial charge on any atom is -0.313 e. The molecule has 0 aliphatic carbocycles. The van der Waals surface area contributed by atoms with Gasteiger partial charge >= 0.3 is 0 Å². The van der Waals surface area contributed by atoms with Crippen LogP contribution >= 0.6 is 11.8 Å². The number of rotatable bonds is 7. The summed E-state index contributed by atoms with van der Waals surface area (Å²) in [5.41, 5.74) is 0. The normalized spacial score (nSPS) is 13.0. The van der Waals surface area contributed by atoms with E-state index in [-0.39, 0.29) is 0 Å². The van der Waals surface area contributed by atoms with Crippen molar-refractivity contribution in [3.05, 3.63) is 12.7 Å². The van der Waals surface area contributed by atoms with E-state index in [1.807, 2.05) is 10.8 Å². The van der Waals surface area contributed by atoms with Crippen LogP contribution in [0.25, 0.3) is 0 Å². The molecule has 90 valence electrons. The highest BCUT2D eigenvalue weighted by molar-refractivity contribution is 7.99. The monoisotopic (exact) mass is 241 g/mol. The molecule has 1 heterocycles. The van der Waals surface area contributed by atoms with E-state index >= 15 is 0 Å². The third-order valence-corrected chi connectivity index (χ3v) is 3.07. The van der Waals surface area contributed by atoms with Gasteiger partial charge in [0.05, 0.1) is 6.54 Å². The zero-order valence-electron chi connectivity index (χ0n) is 10.1. The van der Waals surface area contributed by atoms with Gasteiger partial charge in [0.15, 0.2) is 0 Å². The van der Waals surface area contributed by atoms with Crippen molar-refractivity contribution >= 4 is 11.8 Å². The molecule has 1 N–H and O–H groups in total. The van der Waals surface area contributed by atoms with Crippen molar-refractivity contribution in [1.82, 2.24) is 25.5 Å². The molecule has 16 heavy (non-hydrogen) atoms. The van der Waals surface area contributed by atoms with Gasteiger partial charge in [0.1, 0.15) is 0 Å². The Hall–Kier alpha value is -0.880. The van der Waals surface area contributed by atoms with Gasteiger partial charge in [-0.25, -0.2) is 4.68 Å². The summed E-state index contributed by atoms with van der Waals surface area (Å²) in [6.45, 7) is 11.7. The smallest absolute Gasteiger partial charge is 0.209 e. The van der Waals surface area contributed by atoms with Crippen LogP contribution in [0, 0.1) is 0 Å². The Morgan fingerprint density at radius 3 is 2.88 bits per heavy atom. The average Bonchev–Trinajstić information content (AvgIpc) is 2.65. The van der Waals surface area contributed by atoms with Crippen LogP contribution in [0.15, 0.2) is 17.8 Å². The standard InChI is InChI=1S/C10H19N5S/c1-5-9(4)16-10-12-13-14-15(10)7-6-11-8(2)3/h5,8-9,11H,1,6-7H2,2-4H3. The highest BCUT2D eigenvalue weighted by atomic mass is 32.2. The number of thioether (sulfide) groups is 1. The Morgan fingerprint density at radius 1 is 1.50 bits per heavy atom. The maximum Gasteiger partial charge on any atom is 0.209 e. The number of nitrogens with zero attached hydrogens (tertiary/aromatic N) is 4. The molecule has 1 aromatic heterocycles. The number of hydrogen-bond donors (Lipinski definition) is 1. The Balaban J connectivity index is 2.47. The number of hydrogen-bond acceptors (Lipinski definition) is 5. The molecule has 0 radical (unpaired) electrons. The minimum atomic E-state index is 0.322. The number of aromatic nitrogens is 4. The molecule has 6 heteroatoms. The Kier molecular flexibility index (Phi) is 5.48. The second-order valence-corrected chi connectivity index (χ2v) is 5.20. The molecular formula is C10H19N5S. The van der Waals surface area contributed by atoms with Gasteiger partial charge < -0.3 is 5.32 Å². The quantitative estimate of drug-likeness (QED) is 0.576. The van der Waals surface area contributed by atoms with Crippen molar-refractivity contribution in [2.24, 2.45) is 0 Å². The highest BCUT2D eigenvalue weighted by Gasteiger charge is 2.09. The van der Waals surface area contributed by atoms with Crippen molar-refractivity contribution in [3.8, 4) is 0 Å². The van der Waals surface area contributed by atoms with Crippen molar-refractivity contribution in [3.63, 3.8) is 0 Å². The van der Waals surface area contributed by atoms with Crippen molar-refractivity contribution < 1.29 is 0 Å². The summed E-state index contributed by atoms with van der Waals surface area (Å²) in [5, 5.41) is 16.1. The zero-order chi connectivity index (χ0) is 12.0.